The van der Waals surface area contributed by atoms with E-state index < -0.39 is 0 Å². The summed E-state index contributed by atoms with van der Waals surface area (Å²) >= 11 is 0. The van der Waals surface area contributed by atoms with E-state index in [1.54, 1.807) is 0 Å². The average molecular weight is 234 g/mol. The molecule has 1 saturated heterocycles. The molecule has 1 aliphatic rings. The van der Waals surface area contributed by atoms with Crippen LogP contribution in [0.3, 0.4) is 0 Å². The Kier molecular flexibility index (Phi) is 4.54. The largest absolute Gasteiger partial charge is 0.395 e. The summed E-state index contributed by atoms with van der Waals surface area (Å²) in [7, 11) is 1.91. The van der Waals surface area contributed by atoms with Crippen LogP contribution in [0.1, 0.15) is 17.9 Å². The van der Waals surface area contributed by atoms with E-state index in [0.717, 1.165) is 19.6 Å². The zero-order chi connectivity index (χ0) is 12.1. The van der Waals surface area contributed by atoms with Crippen molar-refractivity contribution in [1.29, 1.82) is 0 Å². The highest BCUT2D eigenvalue weighted by atomic mass is 16.3. The van der Waals surface area contributed by atoms with Crippen LogP contribution in [-0.2, 0) is 0 Å². The molecule has 0 aromatic heterocycles. The predicted octanol–water partition coefficient (Wildman–Crippen LogP) is 1.06. The average Bonchev–Trinajstić information content (AvgIpc) is 2.85. The van der Waals surface area contributed by atoms with Gasteiger partial charge >= 0.3 is 0 Å². The zero-order valence-electron chi connectivity index (χ0n) is 10.5. The van der Waals surface area contributed by atoms with Crippen molar-refractivity contribution < 1.29 is 5.11 Å². The number of hydrogen-bond donors (Lipinski definition) is 2. The van der Waals surface area contributed by atoms with Crippen LogP contribution in [0.2, 0.25) is 0 Å². The van der Waals surface area contributed by atoms with Crippen molar-refractivity contribution in [1.82, 2.24) is 10.2 Å². The van der Waals surface area contributed by atoms with Crippen molar-refractivity contribution in [2.24, 2.45) is 0 Å². The van der Waals surface area contributed by atoms with Gasteiger partial charge in [0.25, 0.3) is 0 Å². The molecule has 2 rings (SSSR count). The summed E-state index contributed by atoms with van der Waals surface area (Å²) in [6, 6.07) is 10.9. The SMILES string of the molecule is CNC(CO)CN1CCC(c2ccccc2)C1. The highest BCUT2D eigenvalue weighted by Gasteiger charge is 2.24. The third kappa shape index (κ3) is 3.28. The molecule has 0 aliphatic carbocycles. The summed E-state index contributed by atoms with van der Waals surface area (Å²) in [5.74, 6) is 0.660. The molecule has 1 aromatic carbocycles. The molecule has 1 fully saturated rings. The first-order valence-corrected chi connectivity index (χ1v) is 6.39. The van der Waals surface area contributed by atoms with Gasteiger partial charge in [0.1, 0.15) is 0 Å². The second kappa shape index (κ2) is 6.15. The molecule has 0 amide bonds. The molecule has 94 valence electrons. The van der Waals surface area contributed by atoms with Crippen LogP contribution >= 0.6 is 0 Å². The van der Waals surface area contributed by atoms with Crippen molar-refractivity contribution >= 4 is 0 Å². The molecular formula is C14H22N2O. The fourth-order valence-corrected chi connectivity index (χ4v) is 2.55. The third-order valence-corrected chi connectivity index (χ3v) is 3.65. The summed E-state index contributed by atoms with van der Waals surface area (Å²) in [5, 5.41) is 12.3. The van der Waals surface area contributed by atoms with Crippen molar-refractivity contribution in [2.45, 2.75) is 18.4 Å². The molecule has 2 atom stereocenters. The van der Waals surface area contributed by atoms with Crippen LogP contribution < -0.4 is 5.32 Å². The number of nitrogens with one attached hydrogen (secondary N) is 1. The molecule has 2 N–H and O–H groups in total. The van der Waals surface area contributed by atoms with Gasteiger partial charge < -0.3 is 15.3 Å². The van der Waals surface area contributed by atoms with E-state index in [2.05, 4.69) is 40.5 Å². The summed E-state index contributed by atoms with van der Waals surface area (Å²) in [4.78, 5) is 2.44. The second-order valence-corrected chi connectivity index (χ2v) is 4.82. The number of hydrogen-bond acceptors (Lipinski definition) is 3. The molecule has 3 heteroatoms. The van der Waals surface area contributed by atoms with E-state index in [-0.39, 0.29) is 12.6 Å². The minimum atomic E-state index is 0.199. The molecule has 0 saturated carbocycles. The van der Waals surface area contributed by atoms with E-state index in [4.69, 9.17) is 0 Å². The van der Waals surface area contributed by atoms with E-state index in [0.29, 0.717) is 5.92 Å². The zero-order valence-corrected chi connectivity index (χ0v) is 10.5. The predicted molar refractivity (Wildman–Crippen MR) is 70.2 cm³/mol. The Hall–Kier alpha value is -0.900. The number of rotatable bonds is 5. The molecule has 0 bridgehead atoms. The van der Waals surface area contributed by atoms with E-state index in [9.17, 15) is 5.11 Å². The van der Waals surface area contributed by atoms with Crippen molar-refractivity contribution in [3.63, 3.8) is 0 Å². The van der Waals surface area contributed by atoms with Crippen molar-refractivity contribution in [3.8, 4) is 0 Å². The maximum atomic E-state index is 9.18. The van der Waals surface area contributed by atoms with Gasteiger partial charge in [0.15, 0.2) is 0 Å². The summed E-state index contributed by atoms with van der Waals surface area (Å²) in [6.45, 7) is 3.40. The molecule has 1 heterocycles. The van der Waals surface area contributed by atoms with E-state index in [1.807, 2.05) is 7.05 Å². The molecule has 1 aromatic rings. The Morgan fingerprint density at radius 3 is 2.82 bits per heavy atom. The molecule has 3 nitrogen and oxygen atoms in total. The van der Waals surface area contributed by atoms with Crippen molar-refractivity contribution in [3.05, 3.63) is 35.9 Å². The topological polar surface area (TPSA) is 35.5 Å². The highest BCUT2D eigenvalue weighted by Crippen LogP contribution is 2.26. The van der Waals surface area contributed by atoms with Gasteiger partial charge in [-0.05, 0) is 31.5 Å². The fraction of sp³-hybridized carbons (Fsp3) is 0.571. The van der Waals surface area contributed by atoms with Gasteiger partial charge in [0.2, 0.25) is 0 Å². The van der Waals surface area contributed by atoms with Gasteiger partial charge in [-0.3, -0.25) is 0 Å². The van der Waals surface area contributed by atoms with Crippen LogP contribution in [0.15, 0.2) is 30.3 Å². The molecular weight excluding hydrogens is 212 g/mol. The van der Waals surface area contributed by atoms with Gasteiger partial charge in [0, 0.05) is 19.1 Å². The van der Waals surface area contributed by atoms with Crippen LogP contribution in [0, 0.1) is 0 Å². The summed E-state index contributed by atoms with van der Waals surface area (Å²) in [5.41, 5.74) is 1.44. The lowest BCUT2D eigenvalue weighted by Gasteiger charge is -2.21. The van der Waals surface area contributed by atoms with Crippen LogP contribution in [0.4, 0.5) is 0 Å². The first-order valence-electron chi connectivity index (χ1n) is 6.39. The maximum Gasteiger partial charge on any atom is 0.0597 e. The van der Waals surface area contributed by atoms with Gasteiger partial charge in [0.05, 0.1) is 6.61 Å². The van der Waals surface area contributed by atoms with Crippen molar-refractivity contribution in [2.75, 3.05) is 33.3 Å². The Morgan fingerprint density at radius 1 is 1.41 bits per heavy atom. The molecule has 0 radical (unpaired) electrons. The third-order valence-electron chi connectivity index (χ3n) is 3.65. The Bertz CT molecular complexity index is 324. The summed E-state index contributed by atoms with van der Waals surface area (Å²) < 4.78 is 0. The summed E-state index contributed by atoms with van der Waals surface area (Å²) in [6.07, 6.45) is 1.23. The van der Waals surface area contributed by atoms with Crippen LogP contribution in [-0.4, -0.2) is 49.3 Å². The highest BCUT2D eigenvalue weighted by molar-refractivity contribution is 5.21. The standard InChI is InChI=1S/C14H22N2O/c1-15-14(11-17)10-16-8-7-13(9-16)12-5-3-2-4-6-12/h2-6,13-15,17H,7-11H2,1H3. The van der Waals surface area contributed by atoms with Gasteiger partial charge in [-0.2, -0.15) is 0 Å². The second-order valence-electron chi connectivity index (χ2n) is 4.82. The lowest BCUT2D eigenvalue weighted by Crippen LogP contribution is -2.40. The lowest BCUT2D eigenvalue weighted by atomic mass is 9.99. The van der Waals surface area contributed by atoms with E-state index >= 15 is 0 Å². The molecule has 2 unspecified atom stereocenters. The Labute approximate surface area is 103 Å². The first kappa shape index (κ1) is 12.6. The minimum Gasteiger partial charge on any atom is -0.395 e. The normalized spacial score (nSPS) is 22.8. The van der Waals surface area contributed by atoms with Crippen LogP contribution in [0.25, 0.3) is 0 Å². The Balaban J connectivity index is 1.87. The fourth-order valence-electron chi connectivity index (χ4n) is 2.55. The van der Waals surface area contributed by atoms with Crippen LogP contribution in [0.5, 0.6) is 0 Å². The van der Waals surface area contributed by atoms with E-state index in [1.165, 1.54) is 12.0 Å². The lowest BCUT2D eigenvalue weighted by molar-refractivity contribution is 0.203. The van der Waals surface area contributed by atoms with Gasteiger partial charge in [-0.1, -0.05) is 30.3 Å². The number of aliphatic hydroxyl groups is 1. The number of likely N-dealkylation sites (tertiary alicyclic amines) is 1. The van der Waals surface area contributed by atoms with Gasteiger partial charge in [-0.15, -0.1) is 0 Å². The Morgan fingerprint density at radius 2 is 2.18 bits per heavy atom. The molecule has 1 aliphatic heterocycles. The first-order chi connectivity index (χ1) is 8.33. The maximum absolute atomic E-state index is 9.18. The minimum absolute atomic E-state index is 0.199. The smallest absolute Gasteiger partial charge is 0.0597 e. The quantitative estimate of drug-likeness (QED) is 0.799. The number of nitrogens with zero attached hydrogens (tertiary/aromatic N) is 1. The number of benzene rings is 1. The number of aliphatic hydroxyl groups excluding tert-OH is 1. The molecule has 17 heavy (non-hydrogen) atoms. The molecule has 0 spiro atoms. The number of likely N-dealkylation sites (N-methyl/N-ethyl adjacent to an activating group) is 1. The monoisotopic (exact) mass is 234 g/mol. The van der Waals surface area contributed by atoms with Gasteiger partial charge in [-0.25, -0.2) is 0 Å².